The molecule has 0 fully saturated rings. The summed E-state index contributed by atoms with van der Waals surface area (Å²) in [5, 5.41) is 0. The van der Waals surface area contributed by atoms with Crippen LogP contribution in [-0.2, 0) is 14.3 Å². The molecule has 0 saturated carbocycles. The normalized spacial score (nSPS) is 12.2. The molecule has 0 N–H and O–H groups in total. The number of carbonyl (C=O) groups excluding carboxylic acids is 2. The first kappa shape index (κ1) is 11.1. The minimum atomic E-state index is -0.203. The van der Waals surface area contributed by atoms with E-state index in [0.717, 1.165) is 6.42 Å². The van der Waals surface area contributed by atoms with Crippen LogP contribution in [0.1, 0.15) is 33.1 Å². The fraction of sp³-hybridized carbons (Fsp3) is 0.778. The van der Waals surface area contributed by atoms with Crippen molar-refractivity contribution in [2.45, 2.75) is 33.1 Å². The fourth-order valence-corrected chi connectivity index (χ4v) is 1.06. The van der Waals surface area contributed by atoms with Crippen molar-refractivity contribution in [3.63, 3.8) is 0 Å². The standard InChI is InChI=1S/C9H16O3/c1-7(6-8(2)10)4-5-9(11)12-3/h7H,4-6H2,1-3H3/t7-/m1/s1. The van der Waals surface area contributed by atoms with Crippen LogP contribution in [0.15, 0.2) is 0 Å². The van der Waals surface area contributed by atoms with Gasteiger partial charge in [-0.25, -0.2) is 0 Å². The number of hydrogen-bond acceptors (Lipinski definition) is 3. The Morgan fingerprint density at radius 1 is 1.42 bits per heavy atom. The van der Waals surface area contributed by atoms with Crippen molar-refractivity contribution in [1.29, 1.82) is 0 Å². The highest BCUT2D eigenvalue weighted by Crippen LogP contribution is 2.10. The largest absolute Gasteiger partial charge is 0.469 e. The SMILES string of the molecule is COC(=O)CC[C@@H](C)CC(C)=O. The van der Waals surface area contributed by atoms with Gasteiger partial charge in [-0.15, -0.1) is 0 Å². The molecule has 70 valence electrons. The summed E-state index contributed by atoms with van der Waals surface area (Å²) in [6.07, 6.45) is 1.69. The molecule has 0 aliphatic carbocycles. The first-order valence-electron chi connectivity index (χ1n) is 4.12. The molecule has 0 rings (SSSR count). The molecule has 0 aromatic carbocycles. The van der Waals surface area contributed by atoms with Gasteiger partial charge in [0, 0.05) is 12.8 Å². The van der Waals surface area contributed by atoms with Gasteiger partial charge in [-0.3, -0.25) is 4.79 Å². The maximum atomic E-state index is 10.7. The molecule has 3 nitrogen and oxygen atoms in total. The van der Waals surface area contributed by atoms with Gasteiger partial charge in [0.05, 0.1) is 7.11 Å². The molecule has 0 amide bonds. The molecule has 0 bridgehead atoms. The maximum Gasteiger partial charge on any atom is 0.305 e. The van der Waals surface area contributed by atoms with Gasteiger partial charge in [0.25, 0.3) is 0 Å². The topological polar surface area (TPSA) is 43.4 Å². The van der Waals surface area contributed by atoms with Crippen molar-refractivity contribution in [2.75, 3.05) is 7.11 Å². The van der Waals surface area contributed by atoms with Crippen molar-refractivity contribution < 1.29 is 14.3 Å². The fourth-order valence-electron chi connectivity index (χ4n) is 1.06. The summed E-state index contributed by atoms with van der Waals surface area (Å²) in [6.45, 7) is 3.53. The van der Waals surface area contributed by atoms with E-state index in [1.807, 2.05) is 6.92 Å². The van der Waals surface area contributed by atoms with Crippen molar-refractivity contribution in [3.05, 3.63) is 0 Å². The van der Waals surface area contributed by atoms with E-state index in [0.29, 0.717) is 12.8 Å². The molecule has 0 aromatic rings. The molecular weight excluding hydrogens is 156 g/mol. The third-order valence-electron chi connectivity index (χ3n) is 1.70. The zero-order valence-electron chi connectivity index (χ0n) is 7.92. The monoisotopic (exact) mass is 172 g/mol. The van der Waals surface area contributed by atoms with E-state index in [4.69, 9.17) is 0 Å². The van der Waals surface area contributed by atoms with E-state index >= 15 is 0 Å². The number of ketones is 1. The van der Waals surface area contributed by atoms with Crippen LogP contribution in [0.5, 0.6) is 0 Å². The number of Topliss-reactive ketones (excluding diaryl/α,β-unsaturated/α-hetero) is 1. The average molecular weight is 172 g/mol. The lowest BCUT2D eigenvalue weighted by molar-refractivity contribution is -0.141. The second-order valence-electron chi connectivity index (χ2n) is 3.13. The lowest BCUT2D eigenvalue weighted by Gasteiger charge is -2.06. The summed E-state index contributed by atoms with van der Waals surface area (Å²) in [5.41, 5.74) is 0. The highest BCUT2D eigenvalue weighted by Gasteiger charge is 2.08. The van der Waals surface area contributed by atoms with Crippen LogP contribution in [0.3, 0.4) is 0 Å². The van der Waals surface area contributed by atoms with E-state index in [9.17, 15) is 9.59 Å². The molecule has 3 heteroatoms. The molecule has 0 spiro atoms. The zero-order valence-corrected chi connectivity index (χ0v) is 7.92. The van der Waals surface area contributed by atoms with Crippen LogP contribution < -0.4 is 0 Å². The van der Waals surface area contributed by atoms with E-state index in [-0.39, 0.29) is 17.7 Å². The van der Waals surface area contributed by atoms with Crippen molar-refractivity contribution in [2.24, 2.45) is 5.92 Å². The Labute approximate surface area is 73.1 Å². The molecule has 12 heavy (non-hydrogen) atoms. The van der Waals surface area contributed by atoms with Gasteiger partial charge < -0.3 is 9.53 Å². The predicted molar refractivity (Wildman–Crippen MR) is 45.7 cm³/mol. The number of rotatable bonds is 5. The van der Waals surface area contributed by atoms with Gasteiger partial charge in [0.1, 0.15) is 5.78 Å². The van der Waals surface area contributed by atoms with Gasteiger partial charge in [-0.2, -0.15) is 0 Å². The van der Waals surface area contributed by atoms with Crippen LogP contribution >= 0.6 is 0 Å². The molecule has 0 heterocycles. The lowest BCUT2D eigenvalue weighted by Crippen LogP contribution is -2.06. The average Bonchev–Trinajstić information content (AvgIpc) is 1.99. The highest BCUT2D eigenvalue weighted by atomic mass is 16.5. The Kier molecular flexibility index (Phi) is 5.34. The van der Waals surface area contributed by atoms with Gasteiger partial charge in [-0.1, -0.05) is 6.92 Å². The number of ether oxygens (including phenoxy) is 1. The van der Waals surface area contributed by atoms with E-state index < -0.39 is 0 Å². The Morgan fingerprint density at radius 2 is 2.00 bits per heavy atom. The molecule has 0 unspecified atom stereocenters. The molecule has 0 aromatic heterocycles. The summed E-state index contributed by atoms with van der Waals surface area (Å²) >= 11 is 0. The number of hydrogen-bond donors (Lipinski definition) is 0. The zero-order chi connectivity index (χ0) is 9.56. The second-order valence-corrected chi connectivity index (χ2v) is 3.13. The minimum absolute atomic E-state index is 0.173. The summed E-state index contributed by atoms with van der Waals surface area (Å²) in [7, 11) is 1.37. The van der Waals surface area contributed by atoms with E-state index in [1.54, 1.807) is 6.92 Å². The van der Waals surface area contributed by atoms with Crippen LogP contribution in [0.4, 0.5) is 0 Å². The van der Waals surface area contributed by atoms with Crippen molar-refractivity contribution in [1.82, 2.24) is 0 Å². The summed E-state index contributed by atoms with van der Waals surface area (Å²) < 4.78 is 4.48. The van der Waals surface area contributed by atoms with Crippen LogP contribution in [0.25, 0.3) is 0 Å². The first-order valence-corrected chi connectivity index (χ1v) is 4.12. The van der Waals surface area contributed by atoms with Crippen LogP contribution in [0.2, 0.25) is 0 Å². The van der Waals surface area contributed by atoms with E-state index in [2.05, 4.69) is 4.74 Å². The van der Waals surface area contributed by atoms with E-state index in [1.165, 1.54) is 7.11 Å². The van der Waals surface area contributed by atoms with Crippen molar-refractivity contribution in [3.8, 4) is 0 Å². The number of methoxy groups -OCH3 is 1. The third-order valence-corrected chi connectivity index (χ3v) is 1.70. The first-order chi connectivity index (χ1) is 5.56. The molecule has 1 atom stereocenters. The number of esters is 1. The minimum Gasteiger partial charge on any atom is -0.469 e. The van der Waals surface area contributed by atoms with Crippen LogP contribution in [-0.4, -0.2) is 18.9 Å². The Hall–Kier alpha value is -0.860. The maximum absolute atomic E-state index is 10.7. The van der Waals surface area contributed by atoms with Gasteiger partial charge >= 0.3 is 5.97 Å². The summed E-state index contributed by atoms with van der Waals surface area (Å²) in [4.78, 5) is 21.3. The summed E-state index contributed by atoms with van der Waals surface area (Å²) in [6, 6.07) is 0. The molecule has 0 saturated heterocycles. The lowest BCUT2D eigenvalue weighted by atomic mass is 10.00. The molecule has 0 radical (unpaired) electrons. The Balaban J connectivity index is 3.50. The molecular formula is C9H16O3. The molecule has 0 aliphatic heterocycles. The predicted octanol–water partition coefficient (Wildman–Crippen LogP) is 1.55. The van der Waals surface area contributed by atoms with Gasteiger partial charge in [0.15, 0.2) is 0 Å². The van der Waals surface area contributed by atoms with Gasteiger partial charge in [0.2, 0.25) is 0 Å². The summed E-state index contributed by atoms with van der Waals surface area (Å²) in [5.74, 6) is 0.249. The quantitative estimate of drug-likeness (QED) is 0.591. The highest BCUT2D eigenvalue weighted by molar-refractivity contribution is 5.75. The molecule has 0 aliphatic rings. The van der Waals surface area contributed by atoms with Crippen LogP contribution in [0, 0.1) is 5.92 Å². The third kappa shape index (κ3) is 5.89. The second kappa shape index (κ2) is 5.75. The Morgan fingerprint density at radius 3 is 2.42 bits per heavy atom. The smallest absolute Gasteiger partial charge is 0.305 e. The number of carbonyl (C=O) groups is 2. The Bertz CT molecular complexity index is 163. The van der Waals surface area contributed by atoms with Gasteiger partial charge in [-0.05, 0) is 19.3 Å². The van der Waals surface area contributed by atoms with Crippen molar-refractivity contribution >= 4 is 11.8 Å².